The summed E-state index contributed by atoms with van der Waals surface area (Å²) >= 11 is 0. The average molecular weight is 376 g/mol. The summed E-state index contributed by atoms with van der Waals surface area (Å²) in [6.07, 6.45) is 0.955. The van der Waals surface area contributed by atoms with Crippen LogP contribution in [0.2, 0.25) is 0 Å². The zero-order valence-corrected chi connectivity index (χ0v) is 14.5. The van der Waals surface area contributed by atoms with Gasteiger partial charge in [-0.1, -0.05) is 0 Å². The highest BCUT2D eigenvalue weighted by Crippen LogP contribution is 2.31. The van der Waals surface area contributed by atoms with Crippen LogP contribution in [0.1, 0.15) is 24.3 Å². The van der Waals surface area contributed by atoms with Crippen molar-refractivity contribution < 1.29 is 31.0 Å². The summed E-state index contributed by atoms with van der Waals surface area (Å²) in [6.45, 7) is -0.0861. The fourth-order valence-electron chi connectivity index (χ4n) is 2.55. The summed E-state index contributed by atoms with van der Waals surface area (Å²) in [5.74, 6) is -4.06. The number of nitrogens with zero attached hydrogens (tertiary/aromatic N) is 1. The maximum absolute atomic E-state index is 14.4. The van der Waals surface area contributed by atoms with Crippen LogP contribution in [0.15, 0.2) is 12.1 Å². The lowest BCUT2D eigenvalue weighted by Crippen LogP contribution is -2.40. The predicted octanol–water partition coefficient (Wildman–Crippen LogP) is 0.897. The molecule has 1 aliphatic heterocycles. The van der Waals surface area contributed by atoms with Gasteiger partial charge in [0.1, 0.15) is 11.6 Å². The van der Waals surface area contributed by atoms with Gasteiger partial charge in [-0.25, -0.2) is 8.78 Å². The number of nitrogens with one attached hydrogen (secondary N) is 1. The third kappa shape index (κ3) is 4.95. The van der Waals surface area contributed by atoms with E-state index in [4.69, 9.17) is 0 Å². The van der Waals surface area contributed by atoms with E-state index in [2.05, 4.69) is 9.50 Å². The van der Waals surface area contributed by atoms with Gasteiger partial charge in [-0.3, -0.25) is 19.1 Å². The molecule has 2 amide bonds. The lowest BCUT2D eigenvalue weighted by atomic mass is 9.89. The Morgan fingerprint density at radius 3 is 2.40 bits per heavy atom. The standard InChI is InChI=1S/C15H18F2N2O5S/c1-19(5-6-24-25(2,22)23)9-7-11(16)14(12(17)8-9)10-3-4-13(20)18-15(10)21/h7-8,10H,3-6H2,1-2H3,(H,18,20,21). The van der Waals surface area contributed by atoms with E-state index in [1.807, 2.05) is 0 Å². The second kappa shape index (κ2) is 7.44. The zero-order valence-electron chi connectivity index (χ0n) is 13.7. The van der Waals surface area contributed by atoms with Gasteiger partial charge in [0.2, 0.25) is 11.8 Å². The molecule has 1 saturated heterocycles. The molecule has 7 nitrogen and oxygen atoms in total. The van der Waals surface area contributed by atoms with Crippen LogP contribution in [0, 0.1) is 11.6 Å². The van der Waals surface area contributed by atoms with Gasteiger partial charge >= 0.3 is 0 Å². The normalized spacial score (nSPS) is 18.2. The minimum absolute atomic E-state index is 0.0137. The largest absolute Gasteiger partial charge is 0.372 e. The molecule has 0 spiro atoms. The highest BCUT2D eigenvalue weighted by atomic mass is 32.2. The summed E-state index contributed by atoms with van der Waals surface area (Å²) < 4.78 is 55.2. The molecule has 1 fully saturated rings. The minimum Gasteiger partial charge on any atom is -0.372 e. The predicted molar refractivity (Wildman–Crippen MR) is 85.5 cm³/mol. The summed E-state index contributed by atoms with van der Waals surface area (Å²) in [6, 6.07) is 2.12. The van der Waals surface area contributed by atoms with Crippen molar-refractivity contribution in [2.24, 2.45) is 0 Å². The molecule has 1 unspecified atom stereocenters. The molecule has 1 atom stereocenters. The number of carbonyl (C=O) groups excluding carboxylic acids is 2. The molecule has 138 valence electrons. The second-order valence-electron chi connectivity index (χ2n) is 5.77. The Bertz CT molecular complexity index is 774. The highest BCUT2D eigenvalue weighted by molar-refractivity contribution is 7.85. The zero-order chi connectivity index (χ0) is 18.8. The van der Waals surface area contributed by atoms with E-state index in [0.717, 1.165) is 18.4 Å². The van der Waals surface area contributed by atoms with Crippen molar-refractivity contribution in [3.63, 3.8) is 0 Å². The van der Waals surface area contributed by atoms with E-state index in [9.17, 15) is 26.8 Å². The molecule has 0 bridgehead atoms. The van der Waals surface area contributed by atoms with Crippen LogP contribution in [0.4, 0.5) is 14.5 Å². The van der Waals surface area contributed by atoms with E-state index >= 15 is 0 Å². The van der Waals surface area contributed by atoms with E-state index in [0.29, 0.717) is 0 Å². The molecule has 1 heterocycles. The SMILES string of the molecule is CN(CCOS(C)(=O)=O)c1cc(F)c(C2CCC(=O)NC2=O)c(F)c1. The second-order valence-corrected chi connectivity index (χ2v) is 7.42. The monoisotopic (exact) mass is 376 g/mol. The van der Waals surface area contributed by atoms with Crippen LogP contribution >= 0.6 is 0 Å². The fourth-order valence-corrected chi connectivity index (χ4v) is 2.93. The van der Waals surface area contributed by atoms with E-state index < -0.39 is 39.5 Å². The number of amides is 2. The number of hydrogen-bond donors (Lipinski definition) is 1. The number of hydrogen-bond acceptors (Lipinski definition) is 6. The van der Waals surface area contributed by atoms with Gasteiger partial charge in [-0.05, 0) is 18.6 Å². The Kier molecular flexibility index (Phi) is 5.73. The first kappa shape index (κ1) is 19.3. The highest BCUT2D eigenvalue weighted by Gasteiger charge is 2.32. The molecule has 2 rings (SSSR count). The van der Waals surface area contributed by atoms with Gasteiger partial charge in [0, 0.05) is 31.3 Å². The third-order valence-corrected chi connectivity index (χ3v) is 4.41. The van der Waals surface area contributed by atoms with Gasteiger partial charge in [-0.15, -0.1) is 0 Å². The van der Waals surface area contributed by atoms with Crippen molar-refractivity contribution in [2.45, 2.75) is 18.8 Å². The first-order valence-corrected chi connectivity index (χ1v) is 9.28. The summed E-state index contributed by atoms with van der Waals surface area (Å²) in [5.41, 5.74) is -0.210. The minimum atomic E-state index is -3.60. The first-order valence-electron chi connectivity index (χ1n) is 7.46. The summed E-state index contributed by atoms with van der Waals surface area (Å²) in [4.78, 5) is 24.4. The van der Waals surface area contributed by atoms with Crippen molar-refractivity contribution in [3.05, 3.63) is 29.3 Å². The van der Waals surface area contributed by atoms with Crippen LogP contribution in [0.5, 0.6) is 0 Å². The van der Waals surface area contributed by atoms with Crippen molar-refractivity contribution in [1.82, 2.24) is 5.32 Å². The third-order valence-electron chi connectivity index (χ3n) is 3.82. The Balaban J connectivity index is 2.16. The smallest absolute Gasteiger partial charge is 0.264 e. The quantitative estimate of drug-likeness (QED) is 0.586. The molecule has 0 saturated carbocycles. The Labute approximate surface area is 144 Å². The number of halogens is 2. The van der Waals surface area contributed by atoms with Crippen molar-refractivity contribution in [3.8, 4) is 0 Å². The Morgan fingerprint density at radius 1 is 1.28 bits per heavy atom. The van der Waals surface area contributed by atoms with Crippen molar-refractivity contribution >= 4 is 27.6 Å². The maximum atomic E-state index is 14.4. The molecule has 0 radical (unpaired) electrons. The lowest BCUT2D eigenvalue weighted by molar-refractivity contribution is -0.134. The van der Waals surface area contributed by atoms with Gasteiger partial charge in [0.05, 0.1) is 18.8 Å². The van der Waals surface area contributed by atoms with Crippen LogP contribution in [0.25, 0.3) is 0 Å². The van der Waals surface area contributed by atoms with Gasteiger partial charge in [-0.2, -0.15) is 8.42 Å². The van der Waals surface area contributed by atoms with Crippen LogP contribution in [-0.4, -0.2) is 46.7 Å². The summed E-state index contributed by atoms with van der Waals surface area (Å²) in [7, 11) is -2.08. The fraction of sp³-hybridized carbons (Fsp3) is 0.467. The van der Waals surface area contributed by atoms with Crippen molar-refractivity contribution in [2.75, 3.05) is 31.4 Å². The topological polar surface area (TPSA) is 92.8 Å². The maximum Gasteiger partial charge on any atom is 0.264 e. The molecular weight excluding hydrogens is 358 g/mol. The van der Waals surface area contributed by atoms with E-state index in [1.165, 1.54) is 11.9 Å². The molecule has 1 N–H and O–H groups in total. The van der Waals surface area contributed by atoms with Crippen LogP contribution < -0.4 is 10.2 Å². The number of carbonyl (C=O) groups is 2. The number of anilines is 1. The molecule has 25 heavy (non-hydrogen) atoms. The molecule has 0 aromatic heterocycles. The molecular formula is C15H18F2N2O5S. The van der Waals surface area contributed by atoms with Gasteiger partial charge in [0.15, 0.2) is 0 Å². The molecule has 1 aromatic carbocycles. The van der Waals surface area contributed by atoms with E-state index in [-0.39, 0.29) is 37.2 Å². The van der Waals surface area contributed by atoms with Crippen LogP contribution in [-0.2, 0) is 23.9 Å². The summed E-state index contributed by atoms with van der Waals surface area (Å²) in [5, 5.41) is 2.07. The van der Waals surface area contributed by atoms with Crippen LogP contribution in [0.3, 0.4) is 0 Å². The number of likely N-dealkylation sites (N-methyl/N-ethyl adjacent to an activating group) is 1. The average Bonchev–Trinajstić information content (AvgIpc) is 2.47. The molecule has 1 aromatic rings. The number of imide groups is 1. The van der Waals surface area contributed by atoms with E-state index in [1.54, 1.807) is 0 Å². The molecule has 10 heteroatoms. The first-order chi connectivity index (χ1) is 11.6. The molecule has 1 aliphatic rings. The lowest BCUT2D eigenvalue weighted by Gasteiger charge is -2.24. The van der Waals surface area contributed by atoms with Crippen molar-refractivity contribution in [1.29, 1.82) is 0 Å². The molecule has 0 aliphatic carbocycles. The van der Waals surface area contributed by atoms with Gasteiger partial charge < -0.3 is 4.90 Å². The Morgan fingerprint density at radius 2 is 1.88 bits per heavy atom. The number of rotatable bonds is 6. The Hall–Kier alpha value is -2.07. The van der Waals surface area contributed by atoms with Gasteiger partial charge in [0.25, 0.3) is 10.1 Å². The number of piperidine rings is 1. The number of benzene rings is 1.